The summed E-state index contributed by atoms with van der Waals surface area (Å²) in [7, 11) is 1.52. The highest BCUT2D eigenvalue weighted by Crippen LogP contribution is 2.32. The van der Waals surface area contributed by atoms with E-state index in [0.717, 1.165) is 23.4 Å². The van der Waals surface area contributed by atoms with Crippen LogP contribution in [0.1, 0.15) is 5.56 Å². The quantitative estimate of drug-likeness (QED) is 0.929. The smallest absolute Gasteiger partial charge is 0.144 e. The van der Waals surface area contributed by atoms with Gasteiger partial charge in [0.2, 0.25) is 0 Å². The van der Waals surface area contributed by atoms with Crippen LogP contribution < -0.4 is 14.8 Å². The van der Waals surface area contributed by atoms with Gasteiger partial charge in [0.05, 0.1) is 19.3 Å². The molecular weight excluding hydrogens is 293 g/mol. The summed E-state index contributed by atoms with van der Waals surface area (Å²) in [6.45, 7) is 0.605. The lowest BCUT2D eigenvalue weighted by molar-refractivity contribution is 0.246. The second kappa shape index (κ2) is 5.82. The highest BCUT2D eigenvalue weighted by atomic mass is 35.5. The van der Waals surface area contributed by atoms with E-state index in [2.05, 4.69) is 5.32 Å². The van der Waals surface area contributed by atoms with Gasteiger partial charge in [0.15, 0.2) is 0 Å². The summed E-state index contributed by atoms with van der Waals surface area (Å²) < 4.78 is 24.2. The summed E-state index contributed by atoms with van der Waals surface area (Å²) in [6, 6.07) is 10.0. The first-order valence-corrected chi connectivity index (χ1v) is 7.06. The Labute approximate surface area is 127 Å². The predicted octanol–water partition coefficient (Wildman–Crippen LogP) is 3.90. The van der Waals surface area contributed by atoms with Crippen LogP contribution in [0.4, 0.5) is 10.1 Å². The van der Waals surface area contributed by atoms with E-state index in [1.165, 1.54) is 19.2 Å². The van der Waals surface area contributed by atoms with Crippen molar-refractivity contribution in [3.8, 4) is 11.5 Å². The molecular formula is C16H15ClFNO2. The maximum atomic E-state index is 13.1. The molecule has 3 rings (SSSR count). The van der Waals surface area contributed by atoms with Crippen LogP contribution in [0, 0.1) is 5.82 Å². The fourth-order valence-electron chi connectivity index (χ4n) is 2.44. The van der Waals surface area contributed by atoms with E-state index in [0.29, 0.717) is 17.3 Å². The Bertz CT molecular complexity index is 663. The van der Waals surface area contributed by atoms with E-state index >= 15 is 0 Å². The van der Waals surface area contributed by atoms with Crippen molar-refractivity contribution in [1.29, 1.82) is 0 Å². The molecule has 0 spiro atoms. The van der Waals surface area contributed by atoms with Crippen LogP contribution in [0.3, 0.4) is 0 Å². The molecule has 1 aliphatic rings. The number of fused-ring (bicyclic) bond motifs is 1. The van der Waals surface area contributed by atoms with Gasteiger partial charge in [-0.3, -0.25) is 0 Å². The monoisotopic (exact) mass is 307 g/mol. The van der Waals surface area contributed by atoms with Crippen LogP contribution in [0.5, 0.6) is 11.5 Å². The van der Waals surface area contributed by atoms with Crippen molar-refractivity contribution in [3.05, 3.63) is 52.8 Å². The van der Waals surface area contributed by atoms with Crippen LogP contribution in [-0.2, 0) is 6.42 Å². The van der Waals surface area contributed by atoms with E-state index < -0.39 is 0 Å². The maximum absolute atomic E-state index is 13.1. The summed E-state index contributed by atoms with van der Waals surface area (Å²) in [5.74, 6) is 1.03. The average molecular weight is 308 g/mol. The molecule has 2 aromatic rings. The molecule has 0 aromatic heterocycles. The molecule has 110 valence electrons. The number of halogens is 2. The molecule has 0 radical (unpaired) electrons. The molecule has 2 aromatic carbocycles. The van der Waals surface area contributed by atoms with Crippen molar-refractivity contribution in [2.24, 2.45) is 0 Å². The first-order chi connectivity index (χ1) is 10.2. The number of methoxy groups -OCH3 is 1. The maximum Gasteiger partial charge on any atom is 0.144 e. The van der Waals surface area contributed by atoms with Crippen LogP contribution >= 0.6 is 11.6 Å². The van der Waals surface area contributed by atoms with Gasteiger partial charge >= 0.3 is 0 Å². The highest BCUT2D eigenvalue weighted by Gasteiger charge is 2.23. The third-order valence-corrected chi connectivity index (χ3v) is 3.68. The number of nitrogens with one attached hydrogen (secondary N) is 1. The Morgan fingerprint density at radius 2 is 2.19 bits per heavy atom. The van der Waals surface area contributed by atoms with Gasteiger partial charge in [-0.2, -0.15) is 0 Å². The molecule has 1 atom stereocenters. The van der Waals surface area contributed by atoms with Gasteiger partial charge in [-0.25, -0.2) is 4.39 Å². The third-order valence-electron chi connectivity index (χ3n) is 3.45. The zero-order valence-electron chi connectivity index (χ0n) is 11.5. The second-order valence-electron chi connectivity index (χ2n) is 4.92. The molecule has 1 aliphatic heterocycles. The summed E-state index contributed by atoms with van der Waals surface area (Å²) in [4.78, 5) is 0. The summed E-state index contributed by atoms with van der Waals surface area (Å²) in [5.41, 5.74) is 1.86. The largest absolute Gasteiger partial charge is 0.494 e. The first kappa shape index (κ1) is 14.0. The molecule has 0 amide bonds. The van der Waals surface area contributed by atoms with Gasteiger partial charge in [-0.15, -0.1) is 0 Å². The van der Waals surface area contributed by atoms with Crippen molar-refractivity contribution in [2.45, 2.75) is 12.5 Å². The lowest BCUT2D eigenvalue weighted by Gasteiger charge is -2.15. The van der Waals surface area contributed by atoms with E-state index in [-0.39, 0.29) is 11.9 Å². The van der Waals surface area contributed by atoms with Crippen molar-refractivity contribution >= 4 is 17.3 Å². The fourth-order valence-corrected chi connectivity index (χ4v) is 2.63. The SMILES string of the molecule is COc1cc(F)ccc1NCC1Cc2cc(Cl)ccc2O1. The Morgan fingerprint density at radius 1 is 1.33 bits per heavy atom. The molecule has 1 unspecified atom stereocenters. The number of rotatable bonds is 4. The predicted molar refractivity (Wildman–Crippen MR) is 81.0 cm³/mol. The molecule has 1 heterocycles. The number of hydrogen-bond acceptors (Lipinski definition) is 3. The average Bonchev–Trinajstić information content (AvgIpc) is 2.87. The van der Waals surface area contributed by atoms with Gasteiger partial charge in [0.25, 0.3) is 0 Å². The number of ether oxygens (including phenoxy) is 2. The molecule has 0 bridgehead atoms. The lowest BCUT2D eigenvalue weighted by Crippen LogP contribution is -2.24. The zero-order valence-corrected chi connectivity index (χ0v) is 12.3. The van der Waals surface area contributed by atoms with Crippen molar-refractivity contribution in [3.63, 3.8) is 0 Å². The Balaban J connectivity index is 1.65. The van der Waals surface area contributed by atoms with Gasteiger partial charge in [0, 0.05) is 17.5 Å². The van der Waals surface area contributed by atoms with E-state index in [9.17, 15) is 4.39 Å². The van der Waals surface area contributed by atoms with Gasteiger partial charge in [-0.05, 0) is 35.9 Å². The fraction of sp³-hybridized carbons (Fsp3) is 0.250. The van der Waals surface area contributed by atoms with Crippen molar-refractivity contribution < 1.29 is 13.9 Å². The molecule has 0 fully saturated rings. The normalized spacial score (nSPS) is 16.2. The molecule has 0 aliphatic carbocycles. The van der Waals surface area contributed by atoms with Gasteiger partial charge in [0.1, 0.15) is 23.4 Å². The first-order valence-electron chi connectivity index (χ1n) is 6.68. The molecule has 5 heteroatoms. The molecule has 21 heavy (non-hydrogen) atoms. The summed E-state index contributed by atoms with van der Waals surface area (Å²) >= 11 is 5.98. The van der Waals surface area contributed by atoms with Crippen molar-refractivity contribution in [2.75, 3.05) is 19.0 Å². The Hall–Kier alpha value is -1.94. The van der Waals surface area contributed by atoms with E-state index in [1.54, 1.807) is 6.07 Å². The topological polar surface area (TPSA) is 30.5 Å². The minimum atomic E-state index is -0.323. The minimum Gasteiger partial charge on any atom is -0.494 e. The zero-order chi connectivity index (χ0) is 14.8. The highest BCUT2D eigenvalue weighted by molar-refractivity contribution is 6.30. The standard InChI is InChI=1S/C16H15ClFNO2/c1-20-16-8-12(18)3-4-14(16)19-9-13-7-10-6-11(17)2-5-15(10)21-13/h2-6,8,13,19H,7,9H2,1H3. The Morgan fingerprint density at radius 3 is 3.00 bits per heavy atom. The number of anilines is 1. The van der Waals surface area contributed by atoms with E-state index in [1.807, 2.05) is 18.2 Å². The summed E-state index contributed by atoms with van der Waals surface area (Å²) in [5, 5.41) is 3.95. The van der Waals surface area contributed by atoms with Crippen LogP contribution in [0.15, 0.2) is 36.4 Å². The second-order valence-corrected chi connectivity index (χ2v) is 5.36. The van der Waals surface area contributed by atoms with Gasteiger partial charge in [-0.1, -0.05) is 11.6 Å². The molecule has 1 N–H and O–H groups in total. The van der Waals surface area contributed by atoms with Crippen LogP contribution in [0.2, 0.25) is 5.02 Å². The van der Waals surface area contributed by atoms with Crippen LogP contribution in [0.25, 0.3) is 0 Å². The molecule has 0 saturated heterocycles. The van der Waals surface area contributed by atoms with E-state index in [4.69, 9.17) is 21.1 Å². The third kappa shape index (κ3) is 3.05. The summed E-state index contributed by atoms with van der Waals surface area (Å²) in [6.07, 6.45) is 0.820. The molecule has 0 saturated carbocycles. The van der Waals surface area contributed by atoms with Gasteiger partial charge < -0.3 is 14.8 Å². The lowest BCUT2D eigenvalue weighted by atomic mass is 10.1. The molecule has 3 nitrogen and oxygen atoms in total. The van der Waals surface area contributed by atoms with Crippen molar-refractivity contribution in [1.82, 2.24) is 0 Å². The minimum absolute atomic E-state index is 0.0215. The Kier molecular flexibility index (Phi) is 3.88. The number of hydrogen-bond donors (Lipinski definition) is 1. The number of benzene rings is 2. The van der Waals surface area contributed by atoms with Crippen LogP contribution in [-0.4, -0.2) is 19.8 Å².